The summed E-state index contributed by atoms with van der Waals surface area (Å²) in [5.74, 6) is 1.49. The summed E-state index contributed by atoms with van der Waals surface area (Å²) in [7, 11) is 1.61. The van der Waals surface area contributed by atoms with Crippen molar-refractivity contribution >= 4 is 11.0 Å². The van der Waals surface area contributed by atoms with Gasteiger partial charge in [-0.25, -0.2) is 24.6 Å². The summed E-state index contributed by atoms with van der Waals surface area (Å²) in [4.78, 5) is 21.6. The van der Waals surface area contributed by atoms with Crippen LogP contribution < -0.4 is 4.74 Å². The Morgan fingerprint density at radius 3 is 2.71 bits per heavy atom. The molecule has 172 valence electrons. The Morgan fingerprint density at radius 2 is 2.00 bits per heavy atom. The van der Waals surface area contributed by atoms with Crippen LogP contribution in [-0.2, 0) is 6.42 Å². The lowest BCUT2D eigenvalue weighted by Crippen LogP contribution is -2.02. The van der Waals surface area contributed by atoms with Gasteiger partial charge in [0, 0.05) is 29.8 Å². The molecular weight excluding hydrogens is 440 g/mol. The summed E-state index contributed by atoms with van der Waals surface area (Å²) in [6, 6.07) is 12.0. The van der Waals surface area contributed by atoms with Crippen molar-refractivity contribution in [2.45, 2.75) is 32.1 Å². The van der Waals surface area contributed by atoms with Crippen LogP contribution in [0.4, 0.5) is 0 Å². The third-order valence-electron chi connectivity index (χ3n) is 6.30. The molecule has 0 unspecified atom stereocenters. The van der Waals surface area contributed by atoms with E-state index in [2.05, 4.69) is 43.2 Å². The van der Waals surface area contributed by atoms with E-state index in [0.717, 1.165) is 57.6 Å². The average Bonchev–Trinajstić information content (AvgIpc) is 3.57. The van der Waals surface area contributed by atoms with E-state index in [0.29, 0.717) is 29.7 Å². The fourth-order valence-corrected chi connectivity index (χ4v) is 4.40. The van der Waals surface area contributed by atoms with Gasteiger partial charge < -0.3 is 9.72 Å². The van der Waals surface area contributed by atoms with E-state index >= 15 is 0 Å². The van der Waals surface area contributed by atoms with Crippen LogP contribution in [-0.4, -0.2) is 41.8 Å². The summed E-state index contributed by atoms with van der Waals surface area (Å²) < 4.78 is 7.32. The smallest absolute Gasteiger partial charge is 0.227 e. The quantitative estimate of drug-likeness (QED) is 0.400. The summed E-state index contributed by atoms with van der Waals surface area (Å²) in [5, 5.41) is 13.4. The molecule has 0 bridgehead atoms. The van der Waals surface area contributed by atoms with E-state index in [1.54, 1.807) is 30.4 Å². The highest BCUT2D eigenvalue weighted by Crippen LogP contribution is 2.44. The summed E-state index contributed by atoms with van der Waals surface area (Å²) in [6.45, 7) is 1.94. The van der Waals surface area contributed by atoms with Crippen LogP contribution in [0.5, 0.6) is 5.88 Å². The minimum absolute atomic E-state index is 0.408. The first-order chi connectivity index (χ1) is 17.1. The predicted molar refractivity (Wildman–Crippen MR) is 129 cm³/mol. The van der Waals surface area contributed by atoms with Gasteiger partial charge in [-0.3, -0.25) is 0 Å². The second kappa shape index (κ2) is 8.33. The summed E-state index contributed by atoms with van der Waals surface area (Å²) in [6.07, 6.45) is 8.25. The number of nitrogens with one attached hydrogen (secondary N) is 1. The number of aryl methyl sites for hydroxylation is 1. The van der Waals surface area contributed by atoms with Gasteiger partial charge >= 0.3 is 0 Å². The number of hydrogen-bond donors (Lipinski definition) is 1. The molecule has 1 aromatic carbocycles. The fraction of sp³-hybridized carbons (Fsp3) is 0.231. The molecule has 9 heteroatoms. The van der Waals surface area contributed by atoms with Gasteiger partial charge in [-0.1, -0.05) is 12.1 Å². The Labute approximate surface area is 201 Å². The maximum absolute atomic E-state index is 9.11. The molecule has 1 fully saturated rings. The minimum Gasteiger partial charge on any atom is -0.480 e. The highest BCUT2D eigenvalue weighted by Gasteiger charge is 2.31. The standard InChI is InChI=1S/C26H22N8O/c1-15-9-19(11-27)33-34(15)20-7-3-16(4-8-20)10-18-12-28-21-13-29-25(32-23(18)21)22-24(17-5-6-17)30-14-31-26(22)35-2/h3-4,7-9,12-14,17,28H,5-6,10H2,1-2H3. The van der Waals surface area contributed by atoms with E-state index < -0.39 is 0 Å². The van der Waals surface area contributed by atoms with Crippen molar-refractivity contribution in [3.8, 4) is 29.0 Å². The molecule has 1 saturated carbocycles. The van der Waals surface area contributed by atoms with Gasteiger partial charge in [0.1, 0.15) is 18.0 Å². The van der Waals surface area contributed by atoms with Gasteiger partial charge in [-0.15, -0.1) is 0 Å². The molecule has 1 aliphatic carbocycles. The van der Waals surface area contributed by atoms with Crippen molar-refractivity contribution in [2.24, 2.45) is 0 Å². The first-order valence-corrected chi connectivity index (χ1v) is 11.4. The van der Waals surface area contributed by atoms with Crippen molar-refractivity contribution in [3.05, 3.63) is 77.3 Å². The molecule has 1 N–H and O–H groups in total. The second-order valence-corrected chi connectivity index (χ2v) is 8.73. The van der Waals surface area contributed by atoms with E-state index in [9.17, 15) is 0 Å². The second-order valence-electron chi connectivity index (χ2n) is 8.73. The lowest BCUT2D eigenvalue weighted by Gasteiger charge is -2.10. The Hall–Kier alpha value is -4.58. The van der Waals surface area contributed by atoms with Crippen LogP contribution in [0.15, 0.2) is 49.1 Å². The Balaban J connectivity index is 1.33. The van der Waals surface area contributed by atoms with Crippen LogP contribution in [0.1, 0.15) is 47.0 Å². The van der Waals surface area contributed by atoms with E-state index in [1.807, 2.05) is 25.3 Å². The lowest BCUT2D eigenvalue weighted by atomic mass is 10.1. The van der Waals surface area contributed by atoms with E-state index in [1.165, 1.54) is 0 Å². The highest BCUT2D eigenvalue weighted by atomic mass is 16.5. The van der Waals surface area contributed by atoms with Crippen molar-refractivity contribution in [2.75, 3.05) is 7.11 Å². The van der Waals surface area contributed by atoms with Crippen molar-refractivity contribution in [1.29, 1.82) is 5.26 Å². The number of benzene rings is 1. The molecule has 4 aromatic heterocycles. The number of methoxy groups -OCH3 is 1. The average molecular weight is 463 g/mol. The molecule has 0 amide bonds. The largest absolute Gasteiger partial charge is 0.480 e. The van der Waals surface area contributed by atoms with Crippen LogP contribution in [0.3, 0.4) is 0 Å². The maximum Gasteiger partial charge on any atom is 0.227 e. The third kappa shape index (κ3) is 3.79. The molecule has 4 heterocycles. The minimum atomic E-state index is 0.408. The first-order valence-electron chi connectivity index (χ1n) is 11.4. The van der Waals surface area contributed by atoms with Gasteiger partial charge in [-0.2, -0.15) is 10.4 Å². The number of H-pyrrole nitrogens is 1. The first kappa shape index (κ1) is 21.0. The zero-order chi connectivity index (χ0) is 23.9. The third-order valence-corrected chi connectivity index (χ3v) is 6.30. The molecule has 0 aliphatic heterocycles. The van der Waals surface area contributed by atoms with Gasteiger partial charge in [0.15, 0.2) is 11.5 Å². The molecule has 0 atom stereocenters. The van der Waals surface area contributed by atoms with Crippen molar-refractivity contribution in [3.63, 3.8) is 0 Å². The number of nitrogens with zero attached hydrogens (tertiary/aromatic N) is 7. The van der Waals surface area contributed by atoms with Gasteiger partial charge in [-0.05, 0) is 43.5 Å². The molecule has 35 heavy (non-hydrogen) atoms. The lowest BCUT2D eigenvalue weighted by molar-refractivity contribution is 0.397. The number of aromatic amines is 1. The monoisotopic (exact) mass is 462 g/mol. The van der Waals surface area contributed by atoms with Crippen molar-refractivity contribution < 1.29 is 4.74 Å². The van der Waals surface area contributed by atoms with Crippen LogP contribution in [0.25, 0.3) is 28.1 Å². The number of aromatic nitrogens is 7. The number of hydrogen-bond acceptors (Lipinski definition) is 7. The molecule has 0 saturated heterocycles. The van der Waals surface area contributed by atoms with Crippen molar-refractivity contribution in [1.82, 2.24) is 34.7 Å². The zero-order valence-electron chi connectivity index (χ0n) is 19.4. The summed E-state index contributed by atoms with van der Waals surface area (Å²) >= 11 is 0. The van der Waals surface area contributed by atoms with Crippen LogP contribution in [0.2, 0.25) is 0 Å². The molecular formula is C26H22N8O. The SMILES string of the molecule is COc1ncnc(C2CC2)c1-c1ncc2[nH]cc(Cc3ccc(-n4nc(C#N)cc4C)cc3)c2n1. The van der Waals surface area contributed by atoms with Gasteiger partial charge in [0.25, 0.3) is 0 Å². The molecule has 1 aliphatic rings. The van der Waals surface area contributed by atoms with E-state index in [4.69, 9.17) is 15.0 Å². The molecule has 0 spiro atoms. The van der Waals surface area contributed by atoms with Crippen LogP contribution in [0, 0.1) is 18.3 Å². The Morgan fingerprint density at radius 1 is 1.17 bits per heavy atom. The number of rotatable bonds is 6. The van der Waals surface area contributed by atoms with Gasteiger partial charge in [0.2, 0.25) is 5.88 Å². The normalized spacial score (nSPS) is 13.2. The molecule has 9 nitrogen and oxygen atoms in total. The number of fused-ring (bicyclic) bond motifs is 1. The van der Waals surface area contributed by atoms with E-state index in [-0.39, 0.29) is 0 Å². The molecule has 5 aromatic rings. The fourth-order valence-electron chi connectivity index (χ4n) is 4.40. The topological polar surface area (TPSA) is 118 Å². The maximum atomic E-state index is 9.11. The molecule has 6 rings (SSSR count). The Kier molecular flexibility index (Phi) is 4.99. The van der Waals surface area contributed by atoms with Crippen LogP contribution >= 0.6 is 0 Å². The van der Waals surface area contributed by atoms with Gasteiger partial charge in [0.05, 0.1) is 35.7 Å². The number of nitriles is 1. The predicted octanol–water partition coefficient (Wildman–Crippen LogP) is 4.26. The zero-order valence-corrected chi connectivity index (χ0v) is 19.4. The number of ether oxygens (including phenoxy) is 1. The highest BCUT2D eigenvalue weighted by molar-refractivity contribution is 5.81. The summed E-state index contributed by atoms with van der Waals surface area (Å²) in [5.41, 5.74) is 7.93. The molecule has 0 radical (unpaired) electrons. The Bertz CT molecular complexity index is 1590.